The number of nitrogens with two attached hydrogens (primary N) is 1. The van der Waals surface area contributed by atoms with Gasteiger partial charge in [-0.3, -0.25) is 5.10 Å². The van der Waals surface area contributed by atoms with E-state index in [0.717, 1.165) is 41.6 Å². The lowest BCUT2D eigenvalue weighted by Gasteiger charge is -2.25. The molecule has 3 aromatic rings. The van der Waals surface area contributed by atoms with Crippen LogP contribution >= 0.6 is 0 Å². The number of nitrogens with one attached hydrogen (secondary N) is 1. The number of H-pyrrole nitrogens is 1. The van der Waals surface area contributed by atoms with Crippen LogP contribution in [0.25, 0.3) is 0 Å². The van der Waals surface area contributed by atoms with Crippen molar-refractivity contribution in [2.75, 3.05) is 7.11 Å². The van der Waals surface area contributed by atoms with Crippen LogP contribution in [0.4, 0.5) is 0 Å². The molecule has 1 aliphatic rings. The number of allylic oxidation sites excluding steroid dienone is 1. The lowest BCUT2D eigenvalue weighted by Crippen LogP contribution is -2.21. The van der Waals surface area contributed by atoms with Gasteiger partial charge in [-0.1, -0.05) is 49.7 Å². The zero-order chi connectivity index (χ0) is 22.5. The summed E-state index contributed by atoms with van der Waals surface area (Å²) in [5.74, 6) is 1.29. The number of hydrogen-bond donors (Lipinski definition) is 2. The summed E-state index contributed by atoms with van der Waals surface area (Å²) in [5, 5.41) is 17.3. The van der Waals surface area contributed by atoms with Crippen molar-refractivity contribution >= 4 is 0 Å². The number of aromatic nitrogens is 2. The summed E-state index contributed by atoms with van der Waals surface area (Å²) in [6.07, 6.45) is 2.85. The van der Waals surface area contributed by atoms with Crippen molar-refractivity contribution in [3.8, 4) is 23.4 Å². The molecule has 4 rings (SSSR count). The first-order valence-corrected chi connectivity index (χ1v) is 10.7. The minimum absolute atomic E-state index is 0.0705. The largest absolute Gasteiger partial charge is 0.493 e. The van der Waals surface area contributed by atoms with Crippen LogP contribution in [0.2, 0.25) is 0 Å². The normalized spacial score (nSPS) is 15.0. The van der Waals surface area contributed by atoms with Crippen LogP contribution in [0.5, 0.6) is 17.4 Å². The molecule has 2 aromatic carbocycles. The summed E-state index contributed by atoms with van der Waals surface area (Å²) in [4.78, 5) is 0. The molecule has 0 bridgehead atoms. The molecule has 1 aromatic heterocycles. The van der Waals surface area contributed by atoms with E-state index >= 15 is 0 Å². The second kappa shape index (κ2) is 9.48. The Morgan fingerprint density at radius 1 is 1.19 bits per heavy atom. The fourth-order valence-corrected chi connectivity index (χ4v) is 3.91. The average Bonchev–Trinajstić information content (AvgIpc) is 3.23. The summed E-state index contributed by atoms with van der Waals surface area (Å²) in [6.45, 7) is 2.53. The Labute approximate surface area is 187 Å². The number of nitriles is 1. The van der Waals surface area contributed by atoms with Gasteiger partial charge in [-0.15, -0.1) is 5.10 Å². The molecular weight excluding hydrogens is 404 g/mol. The molecule has 0 spiro atoms. The summed E-state index contributed by atoms with van der Waals surface area (Å²) in [7, 11) is 1.61. The Balaban J connectivity index is 1.74. The van der Waals surface area contributed by atoms with Crippen LogP contribution in [0.3, 0.4) is 0 Å². The lowest BCUT2D eigenvalue weighted by atomic mass is 9.83. The number of unbranched alkanes of at least 4 members (excludes halogenated alkanes) is 1. The number of methoxy groups -OCH3 is 1. The van der Waals surface area contributed by atoms with E-state index < -0.39 is 5.92 Å². The molecule has 0 radical (unpaired) electrons. The van der Waals surface area contributed by atoms with Gasteiger partial charge in [-0.25, -0.2) is 0 Å². The molecule has 3 N–H and O–H groups in total. The molecule has 0 saturated carbocycles. The number of rotatable bonds is 8. The monoisotopic (exact) mass is 430 g/mol. The quantitative estimate of drug-likeness (QED) is 0.543. The minimum atomic E-state index is -0.403. The molecule has 0 amide bonds. The lowest BCUT2D eigenvalue weighted by molar-refractivity contribution is 0.284. The van der Waals surface area contributed by atoms with Crippen LogP contribution < -0.4 is 19.9 Å². The molecule has 1 aliphatic heterocycles. The van der Waals surface area contributed by atoms with Crippen LogP contribution in [-0.4, -0.2) is 17.3 Å². The topological polar surface area (TPSA) is 106 Å². The molecule has 0 fully saturated rings. The van der Waals surface area contributed by atoms with Gasteiger partial charge in [0.1, 0.15) is 18.2 Å². The second-order valence-corrected chi connectivity index (χ2v) is 7.63. The molecule has 7 nitrogen and oxygen atoms in total. The smallest absolute Gasteiger partial charge is 0.244 e. The Kier molecular flexibility index (Phi) is 6.31. The Hall–Kier alpha value is -3.92. The minimum Gasteiger partial charge on any atom is -0.493 e. The van der Waals surface area contributed by atoms with Crippen LogP contribution in [0.15, 0.2) is 60.0 Å². The maximum absolute atomic E-state index is 9.89. The van der Waals surface area contributed by atoms with Gasteiger partial charge in [-0.2, -0.15) is 5.26 Å². The van der Waals surface area contributed by atoms with Crippen molar-refractivity contribution in [2.24, 2.45) is 5.73 Å². The van der Waals surface area contributed by atoms with E-state index in [2.05, 4.69) is 23.2 Å². The van der Waals surface area contributed by atoms with Crippen molar-refractivity contribution in [3.63, 3.8) is 0 Å². The first-order chi connectivity index (χ1) is 15.7. The molecule has 7 heteroatoms. The molecule has 1 unspecified atom stereocenters. The average molecular weight is 431 g/mol. The van der Waals surface area contributed by atoms with E-state index in [-0.39, 0.29) is 5.88 Å². The highest BCUT2D eigenvalue weighted by Crippen LogP contribution is 2.45. The molecule has 0 aliphatic carbocycles. The number of ether oxygens (including phenoxy) is 3. The number of aryl methyl sites for hydroxylation is 1. The highest BCUT2D eigenvalue weighted by Gasteiger charge is 2.35. The molecule has 32 heavy (non-hydrogen) atoms. The number of nitrogens with zero attached hydrogens (tertiary/aromatic N) is 2. The van der Waals surface area contributed by atoms with E-state index in [9.17, 15) is 5.26 Å². The summed E-state index contributed by atoms with van der Waals surface area (Å²) >= 11 is 0. The van der Waals surface area contributed by atoms with E-state index in [1.165, 1.54) is 0 Å². The first-order valence-electron chi connectivity index (χ1n) is 10.7. The van der Waals surface area contributed by atoms with Gasteiger partial charge in [-0.05, 0) is 36.1 Å². The van der Waals surface area contributed by atoms with Gasteiger partial charge < -0.3 is 19.9 Å². The van der Waals surface area contributed by atoms with Crippen LogP contribution in [-0.2, 0) is 13.0 Å². The van der Waals surface area contributed by atoms with Gasteiger partial charge >= 0.3 is 0 Å². The maximum atomic E-state index is 9.89. The first kappa shape index (κ1) is 21.3. The SMILES string of the molecule is CCCCc1[nH]nc2c1C(c1ccc(OC)c(OCc3ccccc3)c1)C(C#N)=C(N)O2. The Morgan fingerprint density at radius 2 is 2.00 bits per heavy atom. The number of hydrogen-bond acceptors (Lipinski definition) is 6. The van der Waals surface area contributed by atoms with Crippen LogP contribution in [0.1, 0.15) is 48.1 Å². The van der Waals surface area contributed by atoms with E-state index in [0.29, 0.717) is 29.6 Å². The third-order valence-corrected chi connectivity index (χ3v) is 5.56. The predicted molar refractivity (Wildman–Crippen MR) is 120 cm³/mol. The third-order valence-electron chi connectivity index (χ3n) is 5.56. The zero-order valence-corrected chi connectivity index (χ0v) is 18.2. The number of benzene rings is 2. The van der Waals surface area contributed by atoms with Gasteiger partial charge in [0.25, 0.3) is 0 Å². The van der Waals surface area contributed by atoms with Gasteiger partial charge in [0.15, 0.2) is 11.5 Å². The third kappa shape index (κ3) is 4.12. The van der Waals surface area contributed by atoms with Crippen LogP contribution in [0, 0.1) is 11.3 Å². The molecular formula is C25H26N4O3. The summed E-state index contributed by atoms with van der Waals surface area (Å²) < 4.78 is 17.3. The highest BCUT2D eigenvalue weighted by molar-refractivity contribution is 5.57. The van der Waals surface area contributed by atoms with Gasteiger partial charge in [0.2, 0.25) is 11.8 Å². The molecule has 1 atom stereocenters. The number of fused-ring (bicyclic) bond motifs is 1. The van der Waals surface area contributed by atoms with E-state index in [4.69, 9.17) is 19.9 Å². The Morgan fingerprint density at radius 3 is 2.72 bits per heavy atom. The predicted octanol–water partition coefficient (Wildman–Crippen LogP) is 4.56. The van der Waals surface area contributed by atoms with E-state index in [1.807, 2.05) is 48.5 Å². The molecule has 0 saturated heterocycles. The zero-order valence-electron chi connectivity index (χ0n) is 18.2. The fraction of sp³-hybridized carbons (Fsp3) is 0.280. The van der Waals surface area contributed by atoms with Gasteiger partial charge in [0.05, 0.1) is 13.0 Å². The summed E-state index contributed by atoms with van der Waals surface area (Å²) in [6, 6.07) is 17.8. The standard InChI is InChI=1S/C25H26N4O3/c1-3-4-10-19-23-22(18(14-26)24(27)32-25(23)29-28-19)17-11-12-20(30-2)21(13-17)31-15-16-8-6-5-7-9-16/h5-9,11-13,22H,3-4,10,15,27H2,1-2H3,(H,28,29). The molecule has 2 heterocycles. The number of aromatic amines is 1. The Bertz CT molecular complexity index is 1160. The molecule has 164 valence electrons. The fourth-order valence-electron chi connectivity index (χ4n) is 3.91. The van der Waals surface area contributed by atoms with Gasteiger partial charge in [0, 0.05) is 11.3 Å². The van der Waals surface area contributed by atoms with Crippen molar-refractivity contribution in [1.29, 1.82) is 5.26 Å². The van der Waals surface area contributed by atoms with E-state index in [1.54, 1.807) is 7.11 Å². The highest BCUT2D eigenvalue weighted by atomic mass is 16.5. The summed E-state index contributed by atoms with van der Waals surface area (Å²) in [5.41, 5.74) is 10.2. The van der Waals surface area contributed by atoms with Crippen molar-refractivity contribution in [2.45, 2.75) is 38.7 Å². The second-order valence-electron chi connectivity index (χ2n) is 7.63. The van der Waals surface area contributed by atoms with Crippen molar-refractivity contribution in [1.82, 2.24) is 10.2 Å². The maximum Gasteiger partial charge on any atom is 0.244 e. The van der Waals surface area contributed by atoms with Crippen molar-refractivity contribution in [3.05, 3.63) is 82.4 Å². The van der Waals surface area contributed by atoms with Crippen molar-refractivity contribution < 1.29 is 14.2 Å².